The fourth-order valence-electron chi connectivity index (χ4n) is 3.00. The molecule has 1 atom stereocenters. The smallest absolute Gasteiger partial charge is 0.249 e. The second kappa shape index (κ2) is 6.85. The van der Waals surface area contributed by atoms with Gasteiger partial charge in [0.05, 0.1) is 17.6 Å². The molecule has 2 aromatic carbocycles. The molecule has 2 amide bonds. The number of carbonyl (C=O) groups excluding carboxylic acids is 2. The Morgan fingerprint density at radius 2 is 2.04 bits per heavy atom. The summed E-state index contributed by atoms with van der Waals surface area (Å²) in [7, 11) is 0. The van der Waals surface area contributed by atoms with Crippen LogP contribution < -0.4 is 10.6 Å². The van der Waals surface area contributed by atoms with Crippen molar-refractivity contribution in [2.45, 2.75) is 12.5 Å². The molecule has 2 heterocycles. The van der Waals surface area contributed by atoms with E-state index in [1.54, 1.807) is 6.20 Å². The number of nitrogens with one attached hydrogen (secondary N) is 2. The SMILES string of the molecule is O=C1C[C@@H](C(=O)Nc2ccc(F)c(Cl)c2)n2ncc(-c3ccccc3)c2N1. The second-order valence-electron chi connectivity index (χ2n) is 6.10. The van der Waals surface area contributed by atoms with Crippen molar-refractivity contribution in [2.75, 3.05) is 10.6 Å². The van der Waals surface area contributed by atoms with Crippen LogP contribution >= 0.6 is 11.6 Å². The Morgan fingerprint density at radius 1 is 1.26 bits per heavy atom. The van der Waals surface area contributed by atoms with Crippen LogP contribution in [0.1, 0.15) is 12.5 Å². The monoisotopic (exact) mass is 384 g/mol. The third-order valence-corrected chi connectivity index (χ3v) is 4.59. The summed E-state index contributed by atoms with van der Waals surface area (Å²) in [5.41, 5.74) is 1.95. The predicted molar refractivity (Wildman–Crippen MR) is 100.0 cm³/mol. The van der Waals surface area contributed by atoms with Gasteiger partial charge in [-0.25, -0.2) is 9.07 Å². The number of carbonyl (C=O) groups is 2. The zero-order chi connectivity index (χ0) is 19.0. The number of hydrogen-bond donors (Lipinski definition) is 2. The van der Waals surface area contributed by atoms with E-state index in [4.69, 9.17) is 11.6 Å². The lowest BCUT2D eigenvalue weighted by Gasteiger charge is -2.24. The first-order valence-electron chi connectivity index (χ1n) is 8.21. The van der Waals surface area contributed by atoms with Crippen molar-refractivity contribution in [1.29, 1.82) is 0 Å². The van der Waals surface area contributed by atoms with Crippen molar-refractivity contribution in [3.05, 3.63) is 65.6 Å². The molecule has 0 bridgehead atoms. The summed E-state index contributed by atoms with van der Waals surface area (Å²) in [4.78, 5) is 24.9. The van der Waals surface area contributed by atoms with Crippen molar-refractivity contribution in [1.82, 2.24) is 9.78 Å². The lowest BCUT2D eigenvalue weighted by Crippen LogP contribution is -2.35. The molecular formula is C19H14ClFN4O2. The molecule has 0 radical (unpaired) electrons. The Kier molecular flexibility index (Phi) is 4.37. The van der Waals surface area contributed by atoms with E-state index < -0.39 is 17.8 Å². The molecule has 0 spiro atoms. The molecule has 136 valence electrons. The molecular weight excluding hydrogens is 371 g/mol. The first-order chi connectivity index (χ1) is 13.0. The molecule has 1 aliphatic heterocycles. The molecule has 4 rings (SSSR count). The van der Waals surface area contributed by atoms with Gasteiger partial charge in [0, 0.05) is 11.3 Å². The van der Waals surface area contributed by atoms with Crippen LogP contribution in [0.4, 0.5) is 15.9 Å². The van der Waals surface area contributed by atoms with Gasteiger partial charge in [0.25, 0.3) is 0 Å². The van der Waals surface area contributed by atoms with Crippen LogP contribution in [0.15, 0.2) is 54.7 Å². The van der Waals surface area contributed by atoms with Crippen molar-refractivity contribution >= 4 is 34.9 Å². The first-order valence-corrected chi connectivity index (χ1v) is 8.59. The number of aromatic nitrogens is 2. The first kappa shape index (κ1) is 17.2. The zero-order valence-electron chi connectivity index (χ0n) is 13.9. The lowest BCUT2D eigenvalue weighted by molar-refractivity contribution is -0.125. The quantitative estimate of drug-likeness (QED) is 0.719. The van der Waals surface area contributed by atoms with Gasteiger partial charge in [0.1, 0.15) is 17.7 Å². The number of hydrogen-bond acceptors (Lipinski definition) is 3. The summed E-state index contributed by atoms with van der Waals surface area (Å²) < 4.78 is 14.8. The van der Waals surface area contributed by atoms with Gasteiger partial charge in [-0.15, -0.1) is 0 Å². The van der Waals surface area contributed by atoms with E-state index in [9.17, 15) is 14.0 Å². The normalized spacial score (nSPS) is 15.8. The second-order valence-corrected chi connectivity index (χ2v) is 6.51. The lowest BCUT2D eigenvalue weighted by atomic mass is 10.1. The summed E-state index contributed by atoms with van der Waals surface area (Å²) in [5, 5.41) is 9.64. The maximum atomic E-state index is 13.3. The van der Waals surface area contributed by atoms with E-state index in [1.807, 2.05) is 30.3 Å². The molecule has 8 heteroatoms. The average molecular weight is 385 g/mol. The van der Waals surface area contributed by atoms with Gasteiger partial charge < -0.3 is 10.6 Å². The number of benzene rings is 2. The largest absolute Gasteiger partial charge is 0.324 e. The van der Waals surface area contributed by atoms with Crippen molar-refractivity contribution < 1.29 is 14.0 Å². The van der Waals surface area contributed by atoms with Crippen molar-refractivity contribution in [3.8, 4) is 11.1 Å². The Morgan fingerprint density at radius 3 is 2.78 bits per heavy atom. The van der Waals surface area contributed by atoms with Gasteiger partial charge in [-0.2, -0.15) is 5.10 Å². The number of fused-ring (bicyclic) bond motifs is 1. The molecule has 0 unspecified atom stereocenters. The highest BCUT2D eigenvalue weighted by Crippen LogP contribution is 2.34. The van der Waals surface area contributed by atoms with Gasteiger partial charge >= 0.3 is 0 Å². The fourth-order valence-corrected chi connectivity index (χ4v) is 3.18. The Bertz CT molecular complexity index is 1040. The van der Waals surface area contributed by atoms with Crippen LogP contribution in [-0.4, -0.2) is 21.6 Å². The molecule has 6 nitrogen and oxygen atoms in total. The molecule has 0 saturated carbocycles. The molecule has 0 saturated heterocycles. The Balaban J connectivity index is 1.65. The summed E-state index contributed by atoms with van der Waals surface area (Å²) >= 11 is 5.75. The zero-order valence-corrected chi connectivity index (χ0v) is 14.7. The van der Waals surface area contributed by atoms with E-state index in [-0.39, 0.29) is 17.4 Å². The fraction of sp³-hybridized carbons (Fsp3) is 0.105. The third-order valence-electron chi connectivity index (χ3n) is 4.30. The molecule has 3 aromatic rings. The van der Waals surface area contributed by atoms with Crippen LogP contribution in [0.2, 0.25) is 5.02 Å². The van der Waals surface area contributed by atoms with E-state index in [0.717, 1.165) is 11.1 Å². The van der Waals surface area contributed by atoms with Crippen LogP contribution in [0.5, 0.6) is 0 Å². The number of halogens is 2. The topological polar surface area (TPSA) is 76.0 Å². The summed E-state index contributed by atoms with van der Waals surface area (Å²) in [6, 6.07) is 12.5. The average Bonchev–Trinajstić information content (AvgIpc) is 3.08. The van der Waals surface area contributed by atoms with Gasteiger partial charge in [-0.1, -0.05) is 41.9 Å². The van der Waals surface area contributed by atoms with E-state index in [2.05, 4.69) is 15.7 Å². The van der Waals surface area contributed by atoms with Crippen molar-refractivity contribution in [3.63, 3.8) is 0 Å². The van der Waals surface area contributed by atoms with Crippen LogP contribution in [0, 0.1) is 5.82 Å². The molecule has 0 aliphatic carbocycles. The van der Waals surface area contributed by atoms with E-state index >= 15 is 0 Å². The van der Waals surface area contributed by atoms with Gasteiger partial charge in [0.2, 0.25) is 11.8 Å². The van der Waals surface area contributed by atoms with Crippen LogP contribution in [0.25, 0.3) is 11.1 Å². The number of rotatable bonds is 3. The standard InChI is InChI=1S/C19H14ClFN4O2/c20-14-8-12(6-7-15(14)21)23-19(27)16-9-17(26)24-18-13(10-22-25(16)18)11-4-2-1-3-5-11/h1-8,10,16H,9H2,(H,23,27)(H,24,26)/t16-/m0/s1. The highest BCUT2D eigenvalue weighted by Gasteiger charge is 2.33. The predicted octanol–water partition coefficient (Wildman–Crippen LogP) is 3.86. The third kappa shape index (κ3) is 3.29. The molecule has 1 aliphatic rings. The Hall–Kier alpha value is -3.19. The van der Waals surface area contributed by atoms with Crippen LogP contribution in [-0.2, 0) is 9.59 Å². The summed E-state index contributed by atoms with van der Waals surface area (Å²) in [6.07, 6.45) is 1.56. The maximum Gasteiger partial charge on any atom is 0.249 e. The molecule has 2 N–H and O–H groups in total. The minimum absolute atomic E-state index is 0.0519. The van der Waals surface area contributed by atoms with Crippen molar-refractivity contribution in [2.24, 2.45) is 0 Å². The number of amides is 2. The Labute approximate surface area is 158 Å². The molecule has 27 heavy (non-hydrogen) atoms. The summed E-state index contributed by atoms with van der Waals surface area (Å²) in [5.74, 6) is -0.822. The minimum atomic E-state index is -0.824. The highest BCUT2D eigenvalue weighted by molar-refractivity contribution is 6.31. The van der Waals surface area contributed by atoms with Gasteiger partial charge in [-0.3, -0.25) is 9.59 Å². The summed E-state index contributed by atoms with van der Waals surface area (Å²) in [6.45, 7) is 0. The van der Waals surface area contributed by atoms with Crippen LogP contribution in [0.3, 0.4) is 0 Å². The maximum absolute atomic E-state index is 13.3. The van der Waals surface area contributed by atoms with Gasteiger partial charge in [-0.05, 0) is 23.8 Å². The van der Waals surface area contributed by atoms with E-state index in [0.29, 0.717) is 11.5 Å². The highest BCUT2D eigenvalue weighted by atomic mass is 35.5. The van der Waals surface area contributed by atoms with Gasteiger partial charge in [0.15, 0.2) is 0 Å². The van der Waals surface area contributed by atoms with E-state index in [1.165, 1.54) is 22.9 Å². The molecule has 1 aromatic heterocycles. The minimum Gasteiger partial charge on any atom is -0.324 e. The number of anilines is 2. The molecule has 0 fully saturated rings. The number of nitrogens with zero attached hydrogens (tertiary/aromatic N) is 2.